The first-order valence-electron chi connectivity index (χ1n) is 20.6. The maximum absolute atomic E-state index is 12.4. The minimum Gasteiger partial charge on any atom is -0.395 e. The largest absolute Gasteiger partial charge is 0.395 e. The van der Waals surface area contributed by atoms with Crippen molar-refractivity contribution in [1.82, 2.24) is 5.06 Å². The first-order valence-corrected chi connectivity index (χ1v) is 26.7. The highest BCUT2D eigenvalue weighted by atomic mass is 32.2. The van der Waals surface area contributed by atoms with E-state index in [-0.39, 0.29) is 77.9 Å². The summed E-state index contributed by atoms with van der Waals surface area (Å²) in [6.07, 6.45) is 7.85. The summed E-state index contributed by atoms with van der Waals surface area (Å²) in [7, 11) is -18.2. The molecule has 3 unspecified atom stereocenters. The van der Waals surface area contributed by atoms with Crippen LogP contribution in [-0.2, 0) is 75.3 Å². The molecule has 5 N–H and O–H groups in total. The first kappa shape index (κ1) is 52.4. The van der Waals surface area contributed by atoms with Crippen molar-refractivity contribution in [3.63, 3.8) is 0 Å². The molecule has 0 radical (unpaired) electrons. The second-order valence-corrected chi connectivity index (χ2v) is 22.6. The number of benzene rings is 2. The van der Waals surface area contributed by atoms with E-state index in [1.807, 2.05) is 4.90 Å². The molecule has 3 aliphatic rings. The van der Waals surface area contributed by atoms with Crippen molar-refractivity contribution < 1.29 is 80.9 Å². The number of hydrogen-bond acceptors (Lipinski definition) is 16. The van der Waals surface area contributed by atoms with Gasteiger partial charge in [-0.05, 0) is 93.1 Å². The molecule has 2 aromatic rings. The summed E-state index contributed by atoms with van der Waals surface area (Å²) in [4.78, 5) is 43.6. The summed E-state index contributed by atoms with van der Waals surface area (Å²) in [5.74, 6) is -3.40. The molecule has 1 saturated heterocycles. The number of rotatable bonds is 22. The first-order chi connectivity index (χ1) is 30.6. The fourth-order valence-corrected chi connectivity index (χ4v) is 10.9. The Morgan fingerprint density at radius 2 is 1.29 bits per heavy atom. The van der Waals surface area contributed by atoms with Gasteiger partial charge in [-0.15, -0.1) is 5.06 Å². The van der Waals surface area contributed by atoms with Crippen molar-refractivity contribution >= 4 is 69.6 Å². The molecule has 66 heavy (non-hydrogen) atoms. The topological polar surface area (TPSA) is 317 Å². The zero-order chi connectivity index (χ0) is 49.1. The van der Waals surface area contributed by atoms with Crippen LogP contribution in [0.1, 0.15) is 76.8 Å². The number of allylic oxidation sites excluding steroid dienone is 5. The van der Waals surface area contributed by atoms with Crippen LogP contribution in [0.2, 0.25) is 0 Å². The number of hydroxylamine groups is 2. The van der Waals surface area contributed by atoms with Crippen LogP contribution in [0.3, 0.4) is 0 Å². The van der Waals surface area contributed by atoms with E-state index in [2.05, 4.69) is 0 Å². The standard InChI is InChI=1S/C41H53N3O18S4/c1-39(17-7-25-63(49,50)51)31-27-29(65(55,56)57)10-12-33(31)42(21-24-61-23-16-38(48)62-44-36(46)14-15-37(44)47)35(39)9-5-4-6-19-41(3)40(2,18-8-26-64(52,53)54)32-28-30(66(58,59)60)11-13-34(32)43(41)20-22-45/h4-6,9-13,19,27-28,45H,7-8,14-18,20-26H2,1-3H3,(H,49,50,51)(H,52,53,54)(H,55,56,57)(H,58,59,60)/b5-4+,19-6+,35-9+. The maximum atomic E-state index is 12.4. The lowest BCUT2D eigenvalue weighted by Gasteiger charge is -2.45. The molecule has 3 aliphatic heterocycles. The van der Waals surface area contributed by atoms with Gasteiger partial charge in [0.15, 0.2) is 0 Å². The quantitative estimate of drug-likeness (QED) is 0.0490. The SMILES string of the molecule is CC1(CCCS(=O)(=O)O)\C(=C/C=C/C=C/C2(C)N(CCO)c3ccc(S(=O)(=O)O)cc3C2(C)CCCS(=O)(=O)O)N(CCOCCC(=O)ON2C(=O)CCC2=O)c2ccc(S(=O)(=O)O)cc21. The number of imide groups is 1. The van der Waals surface area contributed by atoms with Gasteiger partial charge in [-0.25, -0.2) is 4.79 Å². The Morgan fingerprint density at radius 3 is 1.85 bits per heavy atom. The molecule has 5 rings (SSSR count). The Balaban J connectivity index is 1.51. The van der Waals surface area contributed by atoms with Gasteiger partial charge >= 0.3 is 5.97 Å². The van der Waals surface area contributed by atoms with Gasteiger partial charge in [0.2, 0.25) is 0 Å². The summed E-state index contributed by atoms with van der Waals surface area (Å²) >= 11 is 0. The number of anilines is 2. The molecule has 21 nitrogen and oxygen atoms in total. The molecule has 0 saturated carbocycles. The van der Waals surface area contributed by atoms with Crippen molar-refractivity contribution in [3.05, 3.63) is 83.6 Å². The molecular formula is C41H53N3O18S4. The normalized spacial score (nSPS) is 23.2. The Hall–Kier alpha value is -4.57. The maximum Gasteiger partial charge on any atom is 0.335 e. The molecular weight excluding hydrogens is 951 g/mol. The van der Waals surface area contributed by atoms with E-state index in [4.69, 9.17) is 9.57 Å². The van der Waals surface area contributed by atoms with Crippen LogP contribution in [0.15, 0.2) is 82.3 Å². The molecule has 364 valence electrons. The van der Waals surface area contributed by atoms with E-state index in [1.165, 1.54) is 36.4 Å². The molecule has 25 heteroatoms. The van der Waals surface area contributed by atoms with Crippen LogP contribution in [0, 0.1) is 0 Å². The molecule has 0 spiro atoms. The van der Waals surface area contributed by atoms with E-state index in [9.17, 15) is 71.4 Å². The number of ether oxygens (including phenoxy) is 1. The number of aliphatic hydroxyl groups is 1. The van der Waals surface area contributed by atoms with Gasteiger partial charge in [0.05, 0.1) is 53.1 Å². The van der Waals surface area contributed by atoms with Crippen LogP contribution in [0.5, 0.6) is 0 Å². The average Bonchev–Trinajstić information content (AvgIpc) is 3.70. The van der Waals surface area contributed by atoms with Crippen LogP contribution in [0.4, 0.5) is 11.4 Å². The van der Waals surface area contributed by atoms with Crippen LogP contribution < -0.4 is 9.80 Å². The number of amides is 2. The zero-order valence-corrected chi connectivity index (χ0v) is 39.5. The average molecular weight is 1000 g/mol. The molecule has 0 aliphatic carbocycles. The highest BCUT2D eigenvalue weighted by molar-refractivity contribution is 7.86. The zero-order valence-electron chi connectivity index (χ0n) is 36.3. The third kappa shape index (κ3) is 11.7. The number of hydrogen-bond donors (Lipinski definition) is 5. The predicted molar refractivity (Wildman–Crippen MR) is 238 cm³/mol. The Morgan fingerprint density at radius 1 is 0.727 bits per heavy atom. The Labute approximate surface area is 383 Å². The number of aliphatic hydroxyl groups excluding tert-OH is 1. The second kappa shape index (κ2) is 20.0. The number of nitrogens with zero attached hydrogens (tertiary/aromatic N) is 3. The summed E-state index contributed by atoms with van der Waals surface area (Å²) in [5, 5.41) is 10.6. The van der Waals surface area contributed by atoms with E-state index < -0.39 is 95.9 Å². The van der Waals surface area contributed by atoms with Crippen molar-refractivity contribution in [2.24, 2.45) is 0 Å². The summed E-state index contributed by atoms with van der Waals surface area (Å²) < 4.78 is 141. The Bertz CT molecular complexity index is 2760. The summed E-state index contributed by atoms with van der Waals surface area (Å²) in [6.45, 7) is 4.82. The monoisotopic (exact) mass is 1000 g/mol. The van der Waals surface area contributed by atoms with Crippen molar-refractivity contribution in [1.29, 1.82) is 0 Å². The molecule has 0 aromatic heterocycles. The molecule has 3 heterocycles. The summed E-state index contributed by atoms with van der Waals surface area (Å²) in [6, 6.07) is 7.87. The highest BCUT2D eigenvalue weighted by Crippen LogP contribution is 2.55. The fourth-order valence-electron chi connectivity index (χ4n) is 8.87. The van der Waals surface area contributed by atoms with E-state index >= 15 is 0 Å². The predicted octanol–water partition coefficient (Wildman–Crippen LogP) is 3.13. The van der Waals surface area contributed by atoms with Gasteiger partial charge in [-0.2, -0.15) is 33.7 Å². The highest BCUT2D eigenvalue weighted by Gasteiger charge is 2.55. The minimum atomic E-state index is -4.72. The van der Waals surface area contributed by atoms with Gasteiger partial charge in [-0.1, -0.05) is 31.2 Å². The van der Waals surface area contributed by atoms with Crippen LogP contribution in [-0.4, -0.2) is 130 Å². The minimum absolute atomic E-state index is 0.0429. The van der Waals surface area contributed by atoms with E-state index in [0.29, 0.717) is 33.3 Å². The Kier molecular flexibility index (Phi) is 15.8. The molecule has 3 atom stereocenters. The van der Waals surface area contributed by atoms with Gasteiger partial charge in [0.1, 0.15) is 0 Å². The number of carbonyl (C=O) groups excluding carboxylic acids is 3. The lowest BCUT2D eigenvalue weighted by molar-refractivity contribution is -0.198. The number of β-amino-alcohol motifs (C(OH)–C–C–N with tert-alkyl or cyclic N) is 1. The molecule has 2 amide bonds. The lowest BCUT2D eigenvalue weighted by atomic mass is 9.67. The van der Waals surface area contributed by atoms with Crippen molar-refractivity contribution in [2.45, 2.75) is 91.9 Å². The van der Waals surface area contributed by atoms with Gasteiger partial charge < -0.3 is 24.5 Å². The van der Waals surface area contributed by atoms with Crippen LogP contribution in [0.25, 0.3) is 0 Å². The van der Waals surface area contributed by atoms with E-state index in [1.54, 1.807) is 56.1 Å². The van der Waals surface area contributed by atoms with Crippen molar-refractivity contribution in [2.75, 3.05) is 54.2 Å². The third-order valence-corrected chi connectivity index (χ3v) is 15.6. The number of fused-ring (bicyclic) bond motifs is 2. The second-order valence-electron chi connectivity index (χ2n) is 16.6. The van der Waals surface area contributed by atoms with Crippen LogP contribution >= 0.6 is 0 Å². The fraction of sp³-hybridized carbons (Fsp3) is 0.488. The van der Waals surface area contributed by atoms with Crippen molar-refractivity contribution in [3.8, 4) is 0 Å². The molecule has 1 fully saturated rings. The van der Waals surface area contributed by atoms with Gasteiger partial charge in [0, 0.05) is 53.8 Å². The smallest absolute Gasteiger partial charge is 0.335 e. The van der Waals surface area contributed by atoms with E-state index in [0.717, 1.165) is 0 Å². The van der Waals surface area contributed by atoms with Gasteiger partial charge in [-0.3, -0.25) is 27.8 Å². The number of carbonyl (C=O) groups is 3. The molecule has 0 bridgehead atoms. The molecule has 2 aromatic carbocycles. The third-order valence-electron chi connectivity index (χ3n) is 12.3. The van der Waals surface area contributed by atoms with Gasteiger partial charge in [0.25, 0.3) is 52.3 Å². The lowest BCUT2D eigenvalue weighted by Crippen LogP contribution is -2.54. The summed E-state index contributed by atoms with van der Waals surface area (Å²) in [5.41, 5.74) is -1.10.